The van der Waals surface area contributed by atoms with E-state index in [0.29, 0.717) is 11.9 Å². The van der Waals surface area contributed by atoms with Gasteiger partial charge in [0.05, 0.1) is 0 Å². The average molecular weight is 261 g/mol. The highest BCUT2D eigenvalue weighted by molar-refractivity contribution is 5.20. The number of ether oxygens (including phenoxy) is 1. The van der Waals surface area contributed by atoms with Crippen molar-refractivity contribution in [3.63, 3.8) is 0 Å². The van der Waals surface area contributed by atoms with Gasteiger partial charge in [-0.3, -0.25) is 4.68 Å². The third kappa shape index (κ3) is 4.33. The van der Waals surface area contributed by atoms with Crippen molar-refractivity contribution in [1.29, 1.82) is 0 Å². The number of aromatic nitrogens is 4. The predicted molar refractivity (Wildman–Crippen MR) is 71.9 cm³/mol. The maximum Gasteiger partial charge on any atom is 0.342 e. The average Bonchev–Trinajstić information content (AvgIpc) is 2.73. The van der Waals surface area contributed by atoms with Gasteiger partial charge in [-0.15, -0.1) is 5.10 Å². The molecule has 0 aromatic carbocycles. The number of hydrogen-bond acceptors (Lipinski definition) is 5. The number of pyridine rings is 1. The molecule has 1 N–H and O–H groups in total. The second kappa shape index (κ2) is 5.36. The van der Waals surface area contributed by atoms with Crippen LogP contribution in [0.5, 0.6) is 11.9 Å². The Kier molecular flexibility index (Phi) is 3.80. The zero-order chi connectivity index (χ0) is 13.9. The van der Waals surface area contributed by atoms with E-state index < -0.39 is 0 Å². The molecule has 2 heterocycles. The molecule has 0 atom stereocenters. The third-order valence-corrected chi connectivity index (χ3v) is 2.39. The lowest BCUT2D eigenvalue weighted by atomic mass is 10.1. The summed E-state index contributed by atoms with van der Waals surface area (Å²) in [5, 5.41) is 7.43. The molecule has 0 saturated carbocycles. The predicted octanol–water partition coefficient (Wildman–Crippen LogP) is 1.89. The summed E-state index contributed by atoms with van der Waals surface area (Å²) in [6, 6.07) is 4.09. The molecule has 6 nitrogen and oxygen atoms in total. The van der Waals surface area contributed by atoms with Gasteiger partial charge >= 0.3 is 6.01 Å². The van der Waals surface area contributed by atoms with E-state index in [1.165, 1.54) is 0 Å². The summed E-state index contributed by atoms with van der Waals surface area (Å²) in [5.74, 6) is 0.491. The van der Waals surface area contributed by atoms with Crippen LogP contribution in [-0.4, -0.2) is 25.3 Å². The Morgan fingerprint density at radius 1 is 1.26 bits per heavy atom. The summed E-state index contributed by atoms with van der Waals surface area (Å²) >= 11 is 0. The number of rotatable bonds is 4. The summed E-state index contributed by atoms with van der Waals surface area (Å²) in [6.07, 6.45) is 3.37. The zero-order valence-corrected chi connectivity index (χ0v) is 11.7. The monoisotopic (exact) mass is 261 g/mol. The Hall–Kier alpha value is -1.95. The van der Waals surface area contributed by atoms with Gasteiger partial charge in [0.15, 0.2) is 0 Å². The molecule has 2 aromatic rings. The van der Waals surface area contributed by atoms with E-state index in [0.717, 1.165) is 12.1 Å². The van der Waals surface area contributed by atoms with Crippen molar-refractivity contribution in [2.24, 2.45) is 7.05 Å². The molecular formula is C13H19N5O. The van der Waals surface area contributed by atoms with Gasteiger partial charge in [0.1, 0.15) is 6.33 Å². The van der Waals surface area contributed by atoms with Gasteiger partial charge < -0.3 is 10.1 Å². The van der Waals surface area contributed by atoms with Crippen molar-refractivity contribution in [2.75, 3.05) is 0 Å². The minimum atomic E-state index is 0.0903. The first kappa shape index (κ1) is 13.5. The van der Waals surface area contributed by atoms with Gasteiger partial charge in [-0.05, 0) is 26.3 Å². The van der Waals surface area contributed by atoms with Crippen molar-refractivity contribution in [2.45, 2.75) is 32.9 Å². The van der Waals surface area contributed by atoms with E-state index in [-0.39, 0.29) is 5.54 Å². The lowest BCUT2D eigenvalue weighted by molar-refractivity contribution is 0.417. The van der Waals surface area contributed by atoms with Crippen LogP contribution >= 0.6 is 0 Å². The van der Waals surface area contributed by atoms with Crippen molar-refractivity contribution < 1.29 is 4.74 Å². The SMILES string of the molecule is Cn1cnc(Oc2ccc(CNC(C)(C)C)cn2)n1. The largest absolute Gasteiger partial charge is 0.404 e. The molecule has 2 rings (SSSR count). The van der Waals surface area contributed by atoms with Gasteiger partial charge in [0.25, 0.3) is 0 Å². The molecule has 0 aliphatic carbocycles. The Labute approximate surface area is 112 Å². The molecule has 0 unspecified atom stereocenters. The van der Waals surface area contributed by atoms with E-state index in [1.54, 1.807) is 24.3 Å². The number of hydrogen-bond donors (Lipinski definition) is 1. The van der Waals surface area contributed by atoms with Gasteiger partial charge in [0.2, 0.25) is 5.88 Å². The molecule has 0 saturated heterocycles. The highest BCUT2D eigenvalue weighted by Crippen LogP contribution is 2.14. The summed E-state index contributed by atoms with van der Waals surface area (Å²) in [5.41, 5.74) is 1.20. The molecule has 6 heteroatoms. The lowest BCUT2D eigenvalue weighted by Crippen LogP contribution is -2.35. The van der Waals surface area contributed by atoms with Crippen LogP contribution in [-0.2, 0) is 13.6 Å². The first-order valence-electron chi connectivity index (χ1n) is 6.16. The third-order valence-electron chi connectivity index (χ3n) is 2.39. The molecule has 0 fully saturated rings. The molecule has 19 heavy (non-hydrogen) atoms. The van der Waals surface area contributed by atoms with E-state index in [2.05, 4.69) is 41.2 Å². The maximum absolute atomic E-state index is 5.43. The van der Waals surface area contributed by atoms with E-state index in [1.807, 2.05) is 12.1 Å². The van der Waals surface area contributed by atoms with Crippen LogP contribution in [0.25, 0.3) is 0 Å². The smallest absolute Gasteiger partial charge is 0.342 e. The van der Waals surface area contributed by atoms with E-state index in [9.17, 15) is 0 Å². The number of nitrogens with zero attached hydrogens (tertiary/aromatic N) is 4. The van der Waals surface area contributed by atoms with Gasteiger partial charge in [-0.1, -0.05) is 6.07 Å². The topological polar surface area (TPSA) is 64.9 Å². The molecule has 0 aliphatic heterocycles. The minimum absolute atomic E-state index is 0.0903. The van der Waals surface area contributed by atoms with Crippen molar-refractivity contribution in [1.82, 2.24) is 25.1 Å². The van der Waals surface area contributed by atoms with Crippen LogP contribution in [0.2, 0.25) is 0 Å². The van der Waals surface area contributed by atoms with Crippen LogP contribution in [0.15, 0.2) is 24.7 Å². The van der Waals surface area contributed by atoms with Crippen LogP contribution < -0.4 is 10.1 Å². The van der Waals surface area contributed by atoms with Gasteiger partial charge in [0, 0.05) is 31.4 Å². The molecular weight excluding hydrogens is 242 g/mol. The Balaban J connectivity index is 1.95. The van der Waals surface area contributed by atoms with Crippen LogP contribution in [0.1, 0.15) is 26.3 Å². The summed E-state index contributed by atoms with van der Waals surface area (Å²) in [7, 11) is 1.79. The standard InChI is InChI=1S/C13H19N5O/c1-13(2,3)16-8-10-5-6-11(14-7-10)19-12-15-9-18(4)17-12/h5-7,9,16H,8H2,1-4H3. The van der Waals surface area contributed by atoms with Gasteiger partial charge in [-0.25, -0.2) is 4.98 Å². The van der Waals surface area contributed by atoms with Crippen molar-refractivity contribution in [3.8, 4) is 11.9 Å². The molecule has 0 spiro atoms. The molecule has 0 amide bonds. The minimum Gasteiger partial charge on any atom is -0.404 e. The fraction of sp³-hybridized carbons (Fsp3) is 0.462. The highest BCUT2D eigenvalue weighted by Gasteiger charge is 2.09. The first-order valence-corrected chi connectivity index (χ1v) is 6.16. The fourth-order valence-electron chi connectivity index (χ4n) is 1.40. The summed E-state index contributed by atoms with van der Waals surface area (Å²) in [6.45, 7) is 7.17. The normalized spacial score (nSPS) is 11.6. The highest BCUT2D eigenvalue weighted by atomic mass is 16.5. The maximum atomic E-state index is 5.43. The fourth-order valence-corrected chi connectivity index (χ4v) is 1.40. The molecule has 0 bridgehead atoms. The van der Waals surface area contributed by atoms with Gasteiger partial charge in [-0.2, -0.15) is 4.98 Å². The number of nitrogens with one attached hydrogen (secondary N) is 1. The Bertz CT molecular complexity index is 527. The van der Waals surface area contributed by atoms with Crippen LogP contribution in [0.4, 0.5) is 0 Å². The van der Waals surface area contributed by atoms with Crippen LogP contribution in [0, 0.1) is 0 Å². The Morgan fingerprint density at radius 3 is 2.58 bits per heavy atom. The van der Waals surface area contributed by atoms with Crippen molar-refractivity contribution in [3.05, 3.63) is 30.2 Å². The molecule has 102 valence electrons. The molecule has 0 aliphatic rings. The van der Waals surface area contributed by atoms with Crippen molar-refractivity contribution >= 4 is 0 Å². The van der Waals surface area contributed by atoms with Crippen LogP contribution in [0.3, 0.4) is 0 Å². The molecule has 0 radical (unpaired) electrons. The van der Waals surface area contributed by atoms with E-state index in [4.69, 9.17) is 4.74 Å². The second-order valence-electron chi connectivity index (χ2n) is 5.41. The zero-order valence-electron chi connectivity index (χ0n) is 11.7. The number of aryl methyl sites for hydroxylation is 1. The summed E-state index contributed by atoms with van der Waals surface area (Å²) < 4.78 is 7.01. The first-order chi connectivity index (χ1) is 8.92. The summed E-state index contributed by atoms with van der Waals surface area (Å²) in [4.78, 5) is 8.21. The van der Waals surface area contributed by atoms with E-state index >= 15 is 0 Å². The molecule has 2 aromatic heterocycles. The lowest BCUT2D eigenvalue weighted by Gasteiger charge is -2.20. The second-order valence-corrected chi connectivity index (χ2v) is 5.41. The quantitative estimate of drug-likeness (QED) is 0.910. The Morgan fingerprint density at radius 2 is 2.05 bits per heavy atom.